The van der Waals surface area contributed by atoms with E-state index in [9.17, 15) is 0 Å². The van der Waals surface area contributed by atoms with Crippen molar-refractivity contribution in [1.82, 2.24) is 0 Å². The minimum Gasteiger partial charge on any atom is -0.147 e. The molecule has 0 N–H and O–H groups in total. The Morgan fingerprint density at radius 1 is 0.724 bits per heavy atom. The second kappa shape index (κ2) is 8.06. The molecule has 2 atom stereocenters. The first-order valence-electron chi connectivity index (χ1n) is 10.1. The fraction of sp³-hybridized carbons (Fsp3) is 0.333. The number of allylic oxidation sites excluding steroid dienone is 2. The van der Waals surface area contributed by atoms with Crippen molar-refractivity contribution >= 4 is 49.0 Å². The molecular formula is C24H34Cl2Si2Zr. The largest absolute Gasteiger partial charge is 0.147 e. The zero-order chi connectivity index (χ0) is 19.6. The van der Waals surface area contributed by atoms with Crippen LogP contribution in [0.15, 0.2) is 59.7 Å². The molecule has 2 aliphatic carbocycles. The van der Waals surface area contributed by atoms with Gasteiger partial charge in [-0.2, -0.15) is 0 Å². The van der Waals surface area contributed by atoms with Crippen molar-refractivity contribution in [1.29, 1.82) is 0 Å². The molecule has 0 spiro atoms. The maximum Gasteiger partial charge on any atom is -0.147 e. The minimum absolute atomic E-state index is 0. The Balaban J connectivity index is 0.00000150. The Kier molecular flexibility index (Phi) is 6.97. The zero-order valence-corrected chi connectivity index (χ0v) is 25.0. The van der Waals surface area contributed by atoms with Gasteiger partial charge in [-0.1, -0.05) is 0 Å². The third-order valence-electron chi connectivity index (χ3n) is 8.05. The van der Waals surface area contributed by atoms with E-state index in [-0.39, 0.29) is 24.8 Å². The Morgan fingerprint density at radius 2 is 1.07 bits per heavy atom. The van der Waals surface area contributed by atoms with E-state index in [1.807, 2.05) is 0 Å². The van der Waals surface area contributed by atoms with Gasteiger partial charge in [-0.15, -0.1) is 24.8 Å². The fourth-order valence-electron chi connectivity index (χ4n) is 6.12. The summed E-state index contributed by atoms with van der Waals surface area (Å²) in [6.45, 7) is 15.4. The summed E-state index contributed by atoms with van der Waals surface area (Å²) in [7, 11) is 0. The van der Waals surface area contributed by atoms with Crippen molar-refractivity contribution in [2.24, 2.45) is 0 Å². The molecule has 2 aromatic carbocycles. The van der Waals surface area contributed by atoms with E-state index < -0.39 is 21.8 Å². The summed E-state index contributed by atoms with van der Waals surface area (Å²) in [4.78, 5) is 0. The molecule has 0 saturated carbocycles. The Labute approximate surface area is 191 Å². The molecule has 0 radical (unpaired) electrons. The van der Waals surface area contributed by atoms with Gasteiger partial charge in [-0.3, -0.25) is 0 Å². The molecular weight excluding hydrogens is 507 g/mol. The fourth-order valence-corrected chi connectivity index (χ4v) is 44.6. The van der Waals surface area contributed by atoms with Crippen molar-refractivity contribution in [3.8, 4) is 0 Å². The van der Waals surface area contributed by atoms with Crippen molar-refractivity contribution < 1.29 is 16.6 Å². The molecule has 0 saturated heterocycles. The van der Waals surface area contributed by atoms with Crippen molar-refractivity contribution in [3.63, 3.8) is 0 Å². The number of hydrogen-bond acceptors (Lipinski definition) is 0. The molecule has 5 heteroatoms. The SMILES string of the molecule is CC1=Cc2ccccc2[CH]1[Zr]([CH3])(=[SiH2])([CH]1C(C)=Cc2ccccc21)[Si](C)(C)C.Cl.Cl. The topological polar surface area (TPSA) is 0 Å². The summed E-state index contributed by atoms with van der Waals surface area (Å²) in [5.41, 5.74) is 9.44. The van der Waals surface area contributed by atoms with E-state index in [1.165, 1.54) is 11.1 Å². The predicted octanol–water partition coefficient (Wildman–Crippen LogP) is 7.27. The van der Waals surface area contributed by atoms with Gasteiger partial charge in [0, 0.05) is 0 Å². The van der Waals surface area contributed by atoms with Crippen LogP contribution in [0.5, 0.6) is 0 Å². The molecule has 0 aliphatic heterocycles. The maximum absolute atomic E-state index is 3.38. The van der Waals surface area contributed by atoms with Gasteiger partial charge in [0.15, 0.2) is 0 Å². The minimum atomic E-state index is -3.38. The summed E-state index contributed by atoms with van der Waals surface area (Å²) < 4.78 is 4.18. The summed E-state index contributed by atoms with van der Waals surface area (Å²) in [5, 5.41) is -1.45. The Bertz CT molecular complexity index is 1000. The van der Waals surface area contributed by atoms with Crippen molar-refractivity contribution in [2.75, 3.05) is 0 Å². The standard InChI is InChI=1S/2C10H9.C3H9Si.CH3.2ClH.H2Si.Zr/c2*1-8-6-9-4-2-3-5-10(9)7-8;1-4(2)3;;;;;/h2*2-7H,1H3;1-3H3;1H3;2*1H;1H2;. The third-order valence-corrected chi connectivity index (χ3v) is 82.7. The van der Waals surface area contributed by atoms with Gasteiger partial charge in [0.2, 0.25) is 0 Å². The second-order valence-electron chi connectivity index (χ2n) is 10.4. The van der Waals surface area contributed by atoms with Crippen LogP contribution in [0.1, 0.15) is 43.4 Å². The van der Waals surface area contributed by atoms with Crippen LogP contribution >= 0.6 is 24.8 Å². The first kappa shape index (κ1) is 25.1. The molecule has 4 rings (SSSR count). The first-order valence-corrected chi connectivity index (χ1v) is 28.5. The maximum atomic E-state index is 2.83. The third kappa shape index (κ3) is 3.40. The van der Waals surface area contributed by atoms with Gasteiger partial charge in [0.25, 0.3) is 0 Å². The molecule has 0 amide bonds. The Morgan fingerprint density at radius 3 is 1.41 bits per heavy atom. The number of hydrogen-bond donors (Lipinski definition) is 0. The number of fused-ring (bicyclic) bond motifs is 2. The Hall–Kier alpha value is -0.183. The first-order chi connectivity index (χ1) is 12.6. The molecule has 0 heterocycles. The molecule has 0 nitrogen and oxygen atoms in total. The monoisotopic (exact) mass is 538 g/mol. The number of halogens is 2. The van der Waals surface area contributed by atoms with Crippen LogP contribution in [-0.4, -0.2) is 12.1 Å². The summed E-state index contributed by atoms with van der Waals surface area (Å²) >= 11 is -3.38. The van der Waals surface area contributed by atoms with E-state index >= 15 is 0 Å². The van der Waals surface area contributed by atoms with Crippen LogP contribution in [0.4, 0.5) is 0 Å². The molecule has 2 aromatic rings. The van der Waals surface area contributed by atoms with Gasteiger partial charge in [0.1, 0.15) is 0 Å². The van der Waals surface area contributed by atoms with E-state index in [2.05, 4.69) is 106 Å². The predicted molar refractivity (Wildman–Crippen MR) is 138 cm³/mol. The van der Waals surface area contributed by atoms with Crippen LogP contribution in [0.2, 0.25) is 24.3 Å². The molecule has 2 unspecified atom stereocenters. The molecule has 0 bridgehead atoms. The van der Waals surface area contributed by atoms with Crippen LogP contribution in [0.25, 0.3) is 12.2 Å². The van der Waals surface area contributed by atoms with Crippen molar-refractivity contribution in [3.05, 3.63) is 81.9 Å². The molecule has 2 aliphatic rings. The normalized spacial score (nSPS) is 20.7. The van der Waals surface area contributed by atoms with Crippen molar-refractivity contribution in [2.45, 2.75) is 45.4 Å². The van der Waals surface area contributed by atoms with Gasteiger partial charge in [0.05, 0.1) is 0 Å². The summed E-state index contributed by atoms with van der Waals surface area (Å²) in [6.07, 6.45) is 4.98. The van der Waals surface area contributed by atoms with Gasteiger partial charge < -0.3 is 0 Å². The van der Waals surface area contributed by atoms with Gasteiger partial charge in [-0.25, -0.2) is 0 Å². The van der Waals surface area contributed by atoms with E-state index in [1.54, 1.807) is 22.3 Å². The molecule has 29 heavy (non-hydrogen) atoms. The summed E-state index contributed by atoms with van der Waals surface area (Å²) in [5.74, 6) is 0. The smallest absolute Gasteiger partial charge is 0.147 e. The quantitative estimate of drug-likeness (QED) is 0.359. The molecule has 0 fully saturated rings. The molecule has 156 valence electrons. The summed E-state index contributed by atoms with van der Waals surface area (Å²) in [6, 6.07) is 18.4. The number of benzene rings is 2. The van der Waals surface area contributed by atoms with Crippen LogP contribution in [-0.2, 0) is 16.6 Å². The van der Waals surface area contributed by atoms with Gasteiger partial charge >= 0.3 is 168 Å². The second-order valence-corrected chi connectivity index (χ2v) is 63.4. The van der Waals surface area contributed by atoms with Gasteiger partial charge in [-0.05, 0) is 0 Å². The number of rotatable bonds is 3. The van der Waals surface area contributed by atoms with Crippen LogP contribution in [0.3, 0.4) is 0 Å². The molecule has 0 aromatic heterocycles. The average Bonchev–Trinajstić information content (AvgIpc) is 3.09. The average molecular weight is 541 g/mol. The zero-order valence-electron chi connectivity index (χ0n) is 18.5. The van der Waals surface area contributed by atoms with E-state index in [0.717, 1.165) is 0 Å². The van der Waals surface area contributed by atoms with Crippen LogP contribution in [0, 0.1) is 0 Å². The van der Waals surface area contributed by atoms with E-state index in [4.69, 9.17) is 0 Å². The van der Waals surface area contributed by atoms with E-state index in [0.29, 0.717) is 7.25 Å². The van der Waals surface area contributed by atoms with Crippen LogP contribution < -0.4 is 0 Å².